The molecule has 0 fully saturated rings. The molecule has 0 spiro atoms. The smallest absolute Gasteiger partial charge is 0.0191 e. The van der Waals surface area contributed by atoms with Gasteiger partial charge in [0.05, 0.1) is 0 Å². The minimum absolute atomic E-state index is 0.278. The molecule has 90 valence electrons. The molecule has 2 nitrogen and oxygen atoms in total. The summed E-state index contributed by atoms with van der Waals surface area (Å²) in [6.07, 6.45) is 1.10. The molecule has 0 aliphatic heterocycles. The fraction of sp³-hybridized carbons (Fsp3) is 0.571. The normalized spacial score (nSPS) is 13.4. The van der Waals surface area contributed by atoms with Gasteiger partial charge in [-0.15, -0.1) is 0 Å². The molecule has 0 amide bonds. The highest BCUT2D eigenvalue weighted by Gasteiger charge is 2.10. The van der Waals surface area contributed by atoms with E-state index in [2.05, 4.69) is 56.1 Å². The molecule has 0 saturated heterocycles. The molecule has 1 atom stereocenters. The van der Waals surface area contributed by atoms with E-state index in [1.807, 2.05) is 0 Å². The summed E-state index contributed by atoms with van der Waals surface area (Å²) < 4.78 is 0. The van der Waals surface area contributed by atoms with Crippen molar-refractivity contribution in [2.24, 2.45) is 11.7 Å². The largest absolute Gasteiger partial charge is 0.326 e. The Morgan fingerprint density at radius 1 is 1.19 bits per heavy atom. The van der Waals surface area contributed by atoms with Gasteiger partial charge in [0, 0.05) is 19.1 Å². The van der Waals surface area contributed by atoms with E-state index in [4.69, 9.17) is 5.73 Å². The SMILES string of the molecule is CC(C)[C@@H](N)CN(C)CCc1ccccc1. The highest BCUT2D eigenvalue weighted by molar-refractivity contribution is 5.14. The first-order valence-electron chi connectivity index (χ1n) is 6.07. The summed E-state index contributed by atoms with van der Waals surface area (Å²) in [6, 6.07) is 10.9. The van der Waals surface area contributed by atoms with Gasteiger partial charge in [0.2, 0.25) is 0 Å². The Morgan fingerprint density at radius 2 is 1.81 bits per heavy atom. The topological polar surface area (TPSA) is 29.3 Å². The zero-order valence-electron chi connectivity index (χ0n) is 10.7. The van der Waals surface area contributed by atoms with Gasteiger partial charge in [0.15, 0.2) is 0 Å². The minimum Gasteiger partial charge on any atom is -0.326 e. The maximum absolute atomic E-state index is 6.04. The van der Waals surface area contributed by atoms with E-state index >= 15 is 0 Å². The lowest BCUT2D eigenvalue weighted by Crippen LogP contribution is -2.39. The lowest BCUT2D eigenvalue weighted by Gasteiger charge is -2.23. The molecule has 0 saturated carbocycles. The van der Waals surface area contributed by atoms with Crippen molar-refractivity contribution in [1.29, 1.82) is 0 Å². The predicted molar refractivity (Wildman–Crippen MR) is 70.5 cm³/mol. The molecule has 2 N–H and O–H groups in total. The van der Waals surface area contributed by atoms with Crippen LogP contribution < -0.4 is 5.73 Å². The summed E-state index contributed by atoms with van der Waals surface area (Å²) in [5, 5.41) is 0. The van der Waals surface area contributed by atoms with E-state index in [0.717, 1.165) is 19.5 Å². The van der Waals surface area contributed by atoms with Crippen molar-refractivity contribution in [3.05, 3.63) is 35.9 Å². The second-order valence-corrected chi connectivity index (χ2v) is 4.91. The van der Waals surface area contributed by atoms with Gasteiger partial charge >= 0.3 is 0 Å². The fourth-order valence-corrected chi connectivity index (χ4v) is 1.63. The Balaban J connectivity index is 2.28. The van der Waals surface area contributed by atoms with Crippen molar-refractivity contribution in [1.82, 2.24) is 4.90 Å². The summed E-state index contributed by atoms with van der Waals surface area (Å²) in [5.41, 5.74) is 7.44. The third-order valence-electron chi connectivity index (χ3n) is 3.00. The highest BCUT2D eigenvalue weighted by atomic mass is 15.1. The number of nitrogens with zero attached hydrogens (tertiary/aromatic N) is 1. The number of hydrogen-bond donors (Lipinski definition) is 1. The number of hydrogen-bond acceptors (Lipinski definition) is 2. The molecular weight excluding hydrogens is 196 g/mol. The van der Waals surface area contributed by atoms with Crippen LogP contribution >= 0.6 is 0 Å². The Hall–Kier alpha value is -0.860. The van der Waals surface area contributed by atoms with Crippen molar-refractivity contribution in [2.75, 3.05) is 20.1 Å². The summed E-state index contributed by atoms with van der Waals surface area (Å²) in [4.78, 5) is 2.32. The Labute approximate surface area is 99.5 Å². The molecule has 0 aliphatic carbocycles. The van der Waals surface area contributed by atoms with Crippen LogP contribution in [0.4, 0.5) is 0 Å². The van der Waals surface area contributed by atoms with Gasteiger partial charge in [-0.3, -0.25) is 0 Å². The van der Waals surface area contributed by atoms with Gasteiger partial charge < -0.3 is 10.6 Å². The Morgan fingerprint density at radius 3 is 2.38 bits per heavy atom. The number of rotatable bonds is 6. The molecule has 2 heteroatoms. The lowest BCUT2D eigenvalue weighted by molar-refractivity contribution is 0.286. The maximum Gasteiger partial charge on any atom is 0.0191 e. The zero-order chi connectivity index (χ0) is 12.0. The number of nitrogens with two attached hydrogens (primary N) is 1. The summed E-state index contributed by atoms with van der Waals surface area (Å²) in [7, 11) is 2.14. The van der Waals surface area contributed by atoms with Crippen LogP contribution in [0.1, 0.15) is 19.4 Å². The summed E-state index contributed by atoms with van der Waals surface area (Å²) >= 11 is 0. The molecule has 0 radical (unpaired) electrons. The molecule has 1 aromatic carbocycles. The van der Waals surface area contributed by atoms with Gasteiger partial charge in [-0.25, -0.2) is 0 Å². The molecular formula is C14H24N2. The highest BCUT2D eigenvalue weighted by Crippen LogP contribution is 2.03. The first-order chi connectivity index (χ1) is 7.59. The maximum atomic E-state index is 6.04. The van der Waals surface area contributed by atoms with E-state index in [1.165, 1.54) is 5.56 Å². The summed E-state index contributed by atoms with van der Waals surface area (Å²) in [6.45, 7) is 6.40. The number of benzene rings is 1. The lowest BCUT2D eigenvalue weighted by atomic mass is 10.1. The van der Waals surface area contributed by atoms with Crippen LogP contribution in [0.3, 0.4) is 0 Å². The standard InChI is InChI=1S/C14H24N2/c1-12(2)14(15)11-16(3)10-9-13-7-5-4-6-8-13/h4-8,12,14H,9-11,15H2,1-3H3/t14-/m0/s1. The van der Waals surface area contributed by atoms with Crippen molar-refractivity contribution in [3.63, 3.8) is 0 Å². The molecule has 0 aromatic heterocycles. The molecule has 16 heavy (non-hydrogen) atoms. The second kappa shape index (κ2) is 6.66. The van der Waals surface area contributed by atoms with Gasteiger partial charge in [-0.05, 0) is 24.9 Å². The van der Waals surface area contributed by atoms with Crippen LogP contribution in [0.15, 0.2) is 30.3 Å². The molecule has 0 heterocycles. The fourth-order valence-electron chi connectivity index (χ4n) is 1.63. The van der Waals surface area contributed by atoms with Crippen molar-refractivity contribution in [3.8, 4) is 0 Å². The van der Waals surface area contributed by atoms with Gasteiger partial charge in [0.25, 0.3) is 0 Å². The van der Waals surface area contributed by atoms with Crippen molar-refractivity contribution in [2.45, 2.75) is 26.3 Å². The second-order valence-electron chi connectivity index (χ2n) is 4.91. The zero-order valence-corrected chi connectivity index (χ0v) is 10.7. The van der Waals surface area contributed by atoms with Crippen LogP contribution in [0.25, 0.3) is 0 Å². The van der Waals surface area contributed by atoms with Gasteiger partial charge in [-0.2, -0.15) is 0 Å². The van der Waals surface area contributed by atoms with Crippen LogP contribution in [-0.4, -0.2) is 31.1 Å². The van der Waals surface area contributed by atoms with Gasteiger partial charge in [-0.1, -0.05) is 44.2 Å². The van der Waals surface area contributed by atoms with E-state index in [0.29, 0.717) is 5.92 Å². The van der Waals surface area contributed by atoms with Crippen LogP contribution in [0.2, 0.25) is 0 Å². The Kier molecular flexibility index (Phi) is 5.50. The molecule has 0 bridgehead atoms. The van der Waals surface area contributed by atoms with Crippen LogP contribution in [0.5, 0.6) is 0 Å². The van der Waals surface area contributed by atoms with Gasteiger partial charge in [0.1, 0.15) is 0 Å². The van der Waals surface area contributed by atoms with Crippen molar-refractivity contribution >= 4 is 0 Å². The average molecular weight is 220 g/mol. The van der Waals surface area contributed by atoms with Crippen molar-refractivity contribution < 1.29 is 0 Å². The third-order valence-corrected chi connectivity index (χ3v) is 3.00. The van der Waals surface area contributed by atoms with E-state index < -0.39 is 0 Å². The molecule has 1 aromatic rings. The van der Waals surface area contributed by atoms with E-state index in [1.54, 1.807) is 0 Å². The summed E-state index contributed by atoms with van der Waals surface area (Å²) in [5.74, 6) is 0.555. The van der Waals surface area contributed by atoms with Crippen LogP contribution in [-0.2, 0) is 6.42 Å². The first-order valence-corrected chi connectivity index (χ1v) is 6.07. The Bertz CT molecular complexity index is 282. The molecule has 0 aliphatic rings. The molecule has 1 rings (SSSR count). The predicted octanol–water partition coefficient (Wildman–Crippen LogP) is 2.14. The quantitative estimate of drug-likeness (QED) is 0.796. The number of likely N-dealkylation sites (N-methyl/N-ethyl adjacent to an activating group) is 1. The molecule has 0 unspecified atom stereocenters. The first kappa shape index (κ1) is 13.2. The van der Waals surface area contributed by atoms with E-state index in [9.17, 15) is 0 Å². The average Bonchev–Trinajstić information content (AvgIpc) is 2.27. The third kappa shape index (κ3) is 4.77. The van der Waals surface area contributed by atoms with Crippen LogP contribution in [0, 0.1) is 5.92 Å². The van der Waals surface area contributed by atoms with E-state index in [-0.39, 0.29) is 6.04 Å². The monoisotopic (exact) mass is 220 g/mol. The minimum atomic E-state index is 0.278.